The predicted octanol–water partition coefficient (Wildman–Crippen LogP) is 2.26. The van der Waals surface area contributed by atoms with Gasteiger partial charge in [-0.05, 0) is 24.3 Å². The third-order valence-corrected chi connectivity index (χ3v) is 5.59. The Morgan fingerprint density at radius 3 is 2.86 bits per heavy atom. The second-order valence-corrected chi connectivity index (χ2v) is 7.99. The van der Waals surface area contributed by atoms with Crippen LogP contribution < -0.4 is 25.9 Å². The number of hydrogen-bond acceptors (Lipinski definition) is 9. The monoisotopic (exact) mass is 489 g/mol. The number of phenols is 1. The Morgan fingerprint density at radius 2 is 2.00 bits per heavy atom. The Balaban J connectivity index is 1.22. The molecule has 36 heavy (non-hydrogen) atoms. The highest BCUT2D eigenvalue weighted by Crippen LogP contribution is 2.32. The molecule has 3 aromatic heterocycles. The molecule has 0 saturated heterocycles. The summed E-state index contributed by atoms with van der Waals surface area (Å²) in [5.74, 6) is 1.17. The molecular weight excluding hydrogens is 466 g/mol. The molecule has 0 fully saturated rings. The minimum absolute atomic E-state index is 0.0726. The van der Waals surface area contributed by atoms with Crippen molar-refractivity contribution in [3.8, 4) is 34.5 Å². The van der Waals surface area contributed by atoms with Crippen molar-refractivity contribution in [1.82, 2.24) is 19.9 Å². The van der Waals surface area contributed by atoms with Gasteiger partial charge in [-0.15, -0.1) is 0 Å². The summed E-state index contributed by atoms with van der Waals surface area (Å²) >= 11 is 0. The third-order valence-electron chi connectivity index (χ3n) is 5.59. The number of phenolic OH excluding ortho intramolecular Hbond substituents is 1. The number of aromatic nitrogens is 3. The molecule has 0 atom stereocenters. The van der Waals surface area contributed by atoms with E-state index in [0.717, 1.165) is 0 Å². The van der Waals surface area contributed by atoms with Gasteiger partial charge in [-0.3, -0.25) is 4.79 Å². The van der Waals surface area contributed by atoms with Gasteiger partial charge >= 0.3 is 5.76 Å². The molecule has 11 nitrogen and oxygen atoms in total. The topological polar surface area (TPSA) is 141 Å². The summed E-state index contributed by atoms with van der Waals surface area (Å²) in [6, 6.07) is 14.1. The number of methoxy groups -OCH3 is 1. The molecule has 0 aliphatic carbocycles. The second-order valence-electron chi connectivity index (χ2n) is 7.99. The van der Waals surface area contributed by atoms with E-state index in [0.29, 0.717) is 59.5 Å². The van der Waals surface area contributed by atoms with E-state index >= 15 is 0 Å². The molecule has 3 N–H and O–H groups in total. The number of para-hydroxylation sites is 1. The number of rotatable bonds is 8. The summed E-state index contributed by atoms with van der Waals surface area (Å²) in [4.78, 5) is 32.6. The first-order chi connectivity index (χ1) is 17.5. The number of ether oxygens (including phenoxy) is 2. The Kier molecular flexibility index (Phi) is 6.37. The number of aromatic hydroxyl groups is 1. The highest BCUT2D eigenvalue weighted by atomic mass is 16.5. The Morgan fingerprint density at radius 1 is 1.14 bits per heavy atom. The first kappa shape index (κ1) is 23.1. The van der Waals surface area contributed by atoms with Crippen molar-refractivity contribution in [1.29, 1.82) is 0 Å². The maximum absolute atomic E-state index is 12.4. The van der Waals surface area contributed by atoms with Crippen molar-refractivity contribution in [2.24, 2.45) is 0 Å². The Hall–Kier alpha value is -4.64. The van der Waals surface area contributed by atoms with Gasteiger partial charge in [0.25, 0.3) is 5.91 Å². The molecule has 1 aliphatic heterocycles. The SMILES string of the molecule is COc1cccc(-c2cccc(CNCCc3cn(-c4ccc5c(n4)NC(=O)CO5)c(=O)o3)c2O)n1. The second kappa shape index (κ2) is 9.92. The molecule has 5 rings (SSSR count). The smallest absolute Gasteiger partial charge is 0.424 e. The summed E-state index contributed by atoms with van der Waals surface area (Å²) in [6.07, 6.45) is 2.00. The molecule has 4 aromatic rings. The van der Waals surface area contributed by atoms with Crippen LogP contribution in [-0.2, 0) is 17.8 Å². The maximum Gasteiger partial charge on any atom is 0.424 e. The molecule has 0 bridgehead atoms. The summed E-state index contributed by atoms with van der Waals surface area (Å²) in [6.45, 7) is 0.826. The summed E-state index contributed by atoms with van der Waals surface area (Å²) in [5.41, 5.74) is 1.92. The van der Waals surface area contributed by atoms with Crippen molar-refractivity contribution in [3.05, 3.63) is 76.6 Å². The molecule has 1 aromatic carbocycles. The summed E-state index contributed by atoms with van der Waals surface area (Å²) in [7, 11) is 1.54. The van der Waals surface area contributed by atoms with Gasteiger partial charge in [0.1, 0.15) is 17.3 Å². The van der Waals surface area contributed by atoms with E-state index in [4.69, 9.17) is 13.9 Å². The van der Waals surface area contributed by atoms with E-state index < -0.39 is 5.76 Å². The highest BCUT2D eigenvalue weighted by Gasteiger charge is 2.19. The van der Waals surface area contributed by atoms with E-state index in [1.807, 2.05) is 18.2 Å². The number of pyridine rings is 2. The first-order valence-electron chi connectivity index (χ1n) is 11.2. The Labute approximate surface area is 205 Å². The van der Waals surface area contributed by atoms with Crippen molar-refractivity contribution >= 4 is 11.7 Å². The van der Waals surface area contributed by atoms with Gasteiger partial charge in [0.15, 0.2) is 18.2 Å². The van der Waals surface area contributed by atoms with E-state index in [-0.39, 0.29) is 24.1 Å². The zero-order valence-electron chi connectivity index (χ0n) is 19.4. The molecule has 1 aliphatic rings. The lowest BCUT2D eigenvalue weighted by molar-refractivity contribution is -0.118. The molecule has 184 valence electrons. The minimum atomic E-state index is -0.586. The van der Waals surface area contributed by atoms with Gasteiger partial charge in [-0.1, -0.05) is 18.2 Å². The van der Waals surface area contributed by atoms with E-state index in [1.165, 1.54) is 4.57 Å². The molecular formula is C25H23N5O6. The lowest BCUT2D eigenvalue weighted by atomic mass is 10.1. The van der Waals surface area contributed by atoms with Crippen molar-refractivity contribution in [2.45, 2.75) is 13.0 Å². The number of nitrogens with one attached hydrogen (secondary N) is 2. The zero-order chi connectivity index (χ0) is 25.1. The predicted molar refractivity (Wildman–Crippen MR) is 130 cm³/mol. The Bertz CT molecular complexity index is 1480. The van der Waals surface area contributed by atoms with E-state index in [1.54, 1.807) is 43.6 Å². The van der Waals surface area contributed by atoms with Crippen LogP contribution in [0, 0.1) is 0 Å². The van der Waals surface area contributed by atoms with Crippen LogP contribution in [0.2, 0.25) is 0 Å². The number of carbonyl (C=O) groups excluding carboxylic acids is 1. The van der Waals surface area contributed by atoms with Gasteiger partial charge in [0.05, 0.1) is 19.0 Å². The molecule has 0 spiro atoms. The fourth-order valence-corrected chi connectivity index (χ4v) is 3.80. The third kappa shape index (κ3) is 4.77. The van der Waals surface area contributed by atoms with Gasteiger partial charge < -0.3 is 29.6 Å². The van der Waals surface area contributed by atoms with Crippen molar-refractivity contribution in [3.63, 3.8) is 0 Å². The van der Waals surface area contributed by atoms with Crippen LogP contribution in [0.4, 0.5) is 5.82 Å². The molecule has 0 radical (unpaired) electrons. The number of carbonyl (C=O) groups is 1. The molecule has 4 heterocycles. The highest BCUT2D eigenvalue weighted by molar-refractivity contribution is 5.94. The normalized spacial score (nSPS) is 12.5. The van der Waals surface area contributed by atoms with Crippen LogP contribution >= 0.6 is 0 Å². The summed E-state index contributed by atoms with van der Waals surface area (Å²) < 4.78 is 17.1. The quantitative estimate of drug-likeness (QED) is 0.318. The average molecular weight is 489 g/mol. The van der Waals surface area contributed by atoms with Gasteiger partial charge in [0.2, 0.25) is 5.88 Å². The molecule has 1 amide bonds. The van der Waals surface area contributed by atoms with Crippen LogP contribution in [0.25, 0.3) is 17.1 Å². The number of nitrogens with zero attached hydrogens (tertiary/aromatic N) is 3. The molecule has 11 heteroatoms. The lowest BCUT2D eigenvalue weighted by Gasteiger charge is -2.17. The van der Waals surface area contributed by atoms with Gasteiger partial charge in [-0.2, -0.15) is 0 Å². The number of amides is 1. The zero-order valence-corrected chi connectivity index (χ0v) is 19.4. The number of anilines is 1. The van der Waals surface area contributed by atoms with Crippen molar-refractivity contribution in [2.75, 3.05) is 25.6 Å². The number of benzene rings is 1. The number of oxazole rings is 1. The van der Waals surface area contributed by atoms with Crippen LogP contribution in [-0.4, -0.2) is 45.8 Å². The fraction of sp³-hybridized carbons (Fsp3) is 0.200. The van der Waals surface area contributed by atoms with E-state index in [2.05, 4.69) is 20.6 Å². The average Bonchev–Trinajstić information content (AvgIpc) is 3.27. The maximum atomic E-state index is 12.4. The first-order valence-corrected chi connectivity index (χ1v) is 11.2. The number of fused-ring (bicyclic) bond motifs is 1. The minimum Gasteiger partial charge on any atom is -0.507 e. The van der Waals surface area contributed by atoms with Crippen molar-refractivity contribution < 1.29 is 23.8 Å². The largest absolute Gasteiger partial charge is 0.507 e. The molecule has 0 saturated carbocycles. The fourth-order valence-electron chi connectivity index (χ4n) is 3.80. The standard InChI is InChI=1S/C25H23N5O6/c1-34-22-7-3-6-18(27-22)17-5-2-4-15(23(17)32)12-26-11-10-16-13-30(25(33)36-16)20-9-8-19-24(28-20)29-21(31)14-35-19/h2-9,13,26,32H,10-12,14H2,1H3,(H,28,29,31). The summed E-state index contributed by atoms with van der Waals surface area (Å²) in [5, 5.41) is 16.6. The van der Waals surface area contributed by atoms with E-state index in [9.17, 15) is 14.7 Å². The van der Waals surface area contributed by atoms with Crippen LogP contribution in [0.5, 0.6) is 17.4 Å². The number of hydrogen-bond donors (Lipinski definition) is 3. The van der Waals surface area contributed by atoms with Gasteiger partial charge in [0, 0.05) is 36.7 Å². The van der Waals surface area contributed by atoms with Gasteiger partial charge in [-0.25, -0.2) is 19.3 Å². The molecule has 0 unspecified atom stereocenters. The lowest BCUT2D eigenvalue weighted by Crippen LogP contribution is -2.26. The van der Waals surface area contributed by atoms with Crippen LogP contribution in [0.15, 0.2) is 63.9 Å². The van der Waals surface area contributed by atoms with Crippen LogP contribution in [0.1, 0.15) is 11.3 Å². The van der Waals surface area contributed by atoms with Crippen LogP contribution in [0.3, 0.4) is 0 Å².